The summed E-state index contributed by atoms with van der Waals surface area (Å²) in [4.78, 5) is -0.0272. The predicted molar refractivity (Wildman–Crippen MR) is 85.1 cm³/mol. The second-order valence-electron chi connectivity index (χ2n) is 3.72. The fraction of sp³-hybridized carbons (Fsp3) is 0.400. The molecule has 0 aliphatic rings. The molecule has 1 rings (SSSR count). The molecule has 0 aromatic heterocycles. The highest BCUT2D eigenvalue weighted by Gasteiger charge is 2.21. The van der Waals surface area contributed by atoms with Crippen LogP contribution >= 0.6 is 51.5 Å². The summed E-state index contributed by atoms with van der Waals surface area (Å²) in [5.74, 6) is 0. The Hall–Kier alpha value is 0.440. The van der Waals surface area contributed by atoms with Crippen LogP contribution in [0.25, 0.3) is 0 Å². The SMILES string of the molecule is CNC(C)CNS(=O)(=O)c1ccc(Br)c(Cl)c1Cl.Cl. The van der Waals surface area contributed by atoms with E-state index >= 15 is 0 Å². The summed E-state index contributed by atoms with van der Waals surface area (Å²) in [5.41, 5.74) is 0. The molecule has 0 amide bonds. The van der Waals surface area contributed by atoms with Crippen LogP contribution in [0, 0.1) is 0 Å². The highest BCUT2D eigenvalue weighted by Crippen LogP contribution is 2.34. The van der Waals surface area contributed by atoms with Gasteiger partial charge in [0.2, 0.25) is 10.0 Å². The third-order valence-corrected chi connectivity index (χ3v) is 5.71. The smallest absolute Gasteiger partial charge is 0.242 e. The van der Waals surface area contributed by atoms with Crippen LogP contribution < -0.4 is 10.0 Å². The number of hydrogen-bond donors (Lipinski definition) is 2. The van der Waals surface area contributed by atoms with Gasteiger partial charge in [0.25, 0.3) is 0 Å². The summed E-state index contributed by atoms with van der Waals surface area (Å²) >= 11 is 15.0. The minimum Gasteiger partial charge on any atom is -0.316 e. The normalized spacial score (nSPS) is 12.9. The maximum Gasteiger partial charge on any atom is 0.242 e. The average molecular weight is 413 g/mol. The first kappa shape index (κ1) is 19.4. The number of sulfonamides is 1. The third kappa shape index (κ3) is 5.04. The van der Waals surface area contributed by atoms with Crippen molar-refractivity contribution in [2.75, 3.05) is 13.6 Å². The van der Waals surface area contributed by atoms with Crippen molar-refractivity contribution in [2.24, 2.45) is 0 Å². The Balaban J connectivity index is 0.00000324. The van der Waals surface area contributed by atoms with Gasteiger partial charge < -0.3 is 5.32 Å². The summed E-state index contributed by atoms with van der Waals surface area (Å²) in [6, 6.07) is 2.97. The van der Waals surface area contributed by atoms with Crippen LogP contribution in [-0.2, 0) is 10.0 Å². The lowest BCUT2D eigenvalue weighted by molar-refractivity contribution is 0.554. The molecule has 0 aliphatic heterocycles. The molecule has 9 heteroatoms. The average Bonchev–Trinajstić information content (AvgIpc) is 2.32. The zero-order valence-corrected chi connectivity index (χ0v) is 14.9. The highest BCUT2D eigenvalue weighted by atomic mass is 79.9. The fourth-order valence-corrected chi connectivity index (χ4v) is 3.48. The van der Waals surface area contributed by atoms with E-state index < -0.39 is 10.0 Å². The second kappa shape index (κ2) is 8.02. The van der Waals surface area contributed by atoms with Gasteiger partial charge in [-0.2, -0.15) is 0 Å². The zero-order chi connectivity index (χ0) is 13.9. The van der Waals surface area contributed by atoms with Crippen LogP contribution in [-0.4, -0.2) is 28.1 Å². The van der Waals surface area contributed by atoms with Crippen LogP contribution in [0.1, 0.15) is 6.92 Å². The van der Waals surface area contributed by atoms with Gasteiger partial charge in [-0.3, -0.25) is 0 Å². The molecule has 1 atom stereocenters. The standard InChI is InChI=1S/C10H13BrCl2N2O2S.ClH/c1-6(14-2)5-15-18(16,17)8-4-3-7(11)9(12)10(8)13;/h3-4,6,14-15H,5H2,1-2H3;1H. The van der Waals surface area contributed by atoms with Crippen LogP contribution in [0.2, 0.25) is 10.0 Å². The second-order valence-corrected chi connectivity index (χ2v) is 7.06. The molecule has 0 saturated heterocycles. The Bertz CT molecular complexity index is 540. The minimum absolute atomic E-state index is 0. The Morgan fingerprint density at radius 2 is 1.89 bits per heavy atom. The van der Waals surface area contributed by atoms with Gasteiger partial charge in [-0.05, 0) is 42.0 Å². The van der Waals surface area contributed by atoms with Gasteiger partial charge in [0, 0.05) is 17.1 Å². The number of halogens is 4. The summed E-state index contributed by atoms with van der Waals surface area (Å²) in [5, 5.41) is 3.12. The molecule has 1 aromatic rings. The van der Waals surface area contributed by atoms with Crippen molar-refractivity contribution in [3.8, 4) is 0 Å². The number of rotatable bonds is 5. The van der Waals surface area contributed by atoms with E-state index in [1.54, 1.807) is 13.1 Å². The quantitative estimate of drug-likeness (QED) is 0.731. The van der Waals surface area contributed by atoms with E-state index in [-0.39, 0.29) is 39.9 Å². The van der Waals surface area contributed by atoms with Gasteiger partial charge in [-0.15, -0.1) is 12.4 Å². The van der Waals surface area contributed by atoms with Crippen LogP contribution in [0.15, 0.2) is 21.5 Å². The van der Waals surface area contributed by atoms with Crippen molar-refractivity contribution in [1.29, 1.82) is 0 Å². The molecular formula is C10H14BrCl3N2O2S. The Morgan fingerprint density at radius 1 is 1.32 bits per heavy atom. The summed E-state index contributed by atoms with van der Waals surface area (Å²) in [7, 11) is -1.91. The monoisotopic (exact) mass is 410 g/mol. The Labute approximate surface area is 137 Å². The van der Waals surface area contributed by atoms with Gasteiger partial charge in [0.05, 0.1) is 10.0 Å². The Kier molecular flexibility index (Phi) is 8.21. The highest BCUT2D eigenvalue weighted by molar-refractivity contribution is 9.10. The first-order valence-corrected chi connectivity index (χ1v) is 8.13. The van der Waals surface area contributed by atoms with Crippen molar-refractivity contribution in [2.45, 2.75) is 17.9 Å². The van der Waals surface area contributed by atoms with Crippen molar-refractivity contribution in [1.82, 2.24) is 10.0 Å². The van der Waals surface area contributed by atoms with Crippen molar-refractivity contribution in [3.05, 3.63) is 26.7 Å². The van der Waals surface area contributed by atoms with Gasteiger partial charge in [0.15, 0.2) is 0 Å². The van der Waals surface area contributed by atoms with E-state index in [9.17, 15) is 8.42 Å². The number of hydrogen-bond acceptors (Lipinski definition) is 3. The van der Waals surface area contributed by atoms with Crippen molar-refractivity contribution in [3.63, 3.8) is 0 Å². The van der Waals surface area contributed by atoms with Crippen molar-refractivity contribution < 1.29 is 8.42 Å². The molecule has 0 bridgehead atoms. The molecule has 1 aromatic carbocycles. The maximum atomic E-state index is 12.0. The summed E-state index contributed by atoms with van der Waals surface area (Å²) < 4.78 is 27.1. The lowest BCUT2D eigenvalue weighted by Gasteiger charge is -2.13. The van der Waals surface area contributed by atoms with E-state index in [1.807, 2.05) is 6.92 Å². The van der Waals surface area contributed by atoms with E-state index in [1.165, 1.54) is 6.07 Å². The van der Waals surface area contributed by atoms with E-state index in [4.69, 9.17) is 23.2 Å². The van der Waals surface area contributed by atoms with Crippen LogP contribution in [0.3, 0.4) is 0 Å². The van der Waals surface area contributed by atoms with Gasteiger partial charge in [0.1, 0.15) is 4.90 Å². The topological polar surface area (TPSA) is 58.2 Å². The molecule has 0 heterocycles. The first-order valence-electron chi connectivity index (χ1n) is 5.10. The number of benzene rings is 1. The summed E-state index contributed by atoms with van der Waals surface area (Å²) in [6.45, 7) is 2.13. The lowest BCUT2D eigenvalue weighted by Crippen LogP contribution is -2.37. The van der Waals surface area contributed by atoms with E-state index in [0.717, 1.165) is 0 Å². The molecule has 1 unspecified atom stereocenters. The molecule has 19 heavy (non-hydrogen) atoms. The molecule has 0 spiro atoms. The number of likely N-dealkylation sites (N-methyl/N-ethyl adjacent to an activating group) is 1. The van der Waals surface area contributed by atoms with Gasteiger partial charge in [-0.1, -0.05) is 23.2 Å². The molecule has 4 nitrogen and oxygen atoms in total. The van der Waals surface area contributed by atoms with Crippen molar-refractivity contribution >= 4 is 61.6 Å². The molecule has 0 radical (unpaired) electrons. The third-order valence-electron chi connectivity index (χ3n) is 2.36. The molecule has 0 saturated carbocycles. The predicted octanol–water partition coefficient (Wildman–Crippen LogP) is 3.06. The molecule has 2 N–H and O–H groups in total. The number of nitrogens with one attached hydrogen (secondary N) is 2. The Morgan fingerprint density at radius 3 is 2.42 bits per heavy atom. The first-order chi connectivity index (χ1) is 8.29. The molecule has 0 fully saturated rings. The maximum absolute atomic E-state index is 12.0. The molecular weight excluding hydrogens is 398 g/mol. The minimum atomic E-state index is -3.66. The van der Waals surface area contributed by atoms with Crippen LogP contribution in [0.4, 0.5) is 0 Å². The fourth-order valence-electron chi connectivity index (χ4n) is 1.13. The lowest BCUT2D eigenvalue weighted by atomic mass is 10.4. The summed E-state index contributed by atoms with van der Waals surface area (Å²) in [6.07, 6.45) is 0. The molecule has 0 aliphatic carbocycles. The largest absolute Gasteiger partial charge is 0.316 e. The molecule has 110 valence electrons. The van der Waals surface area contributed by atoms with Gasteiger partial charge >= 0.3 is 0 Å². The van der Waals surface area contributed by atoms with Crippen LogP contribution in [0.5, 0.6) is 0 Å². The zero-order valence-electron chi connectivity index (χ0n) is 10.2. The van der Waals surface area contributed by atoms with E-state index in [0.29, 0.717) is 4.47 Å². The van der Waals surface area contributed by atoms with E-state index in [2.05, 4.69) is 26.0 Å². The van der Waals surface area contributed by atoms with Gasteiger partial charge in [-0.25, -0.2) is 13.1 Å².